The highest BCUT2D eigenvalue weighted by molar-refractivity contribution is 7.90. The highest BCUT2D eigenvalue weighted by Gasteiger charge is 2.16. The maximum atomic E-state index is 12.7. The van der Waals surface area contributed by atoms with Crippen molar-refractivity contribution in [3.05, 3.63) is 47.5 Å². The zero-order valence-corrected chi connectivity index (χ0v) is 17.6. The molecule has 6 nitrogen and oxygen atoms in total. The number of hydrogen-bond donors (Lipinski definition) is 1. The smallest absolute Gasteiger partial charge is 0.255 e. The molecule has 0 saturated heterocycles. The highest BCUT2D eigenvalue weighted by Crippen LogP contribution is 2.31. The van der Waals surface area contributed by atoms with Crippen molar-refractivity contribution < 1.29 is 22.7 Å². The first-order chi connectivity index (χ1) is 13.3. The number of ether oxygens (including phenoxy) is 2. The summed E-state index contributed by atoms with van der Waals surface area (Å²) in [6, 6.07) is 9.73. The minimum absolute atomic E-state index is 0.110. The fourth-order valence-corrected chi connectivity index (χ4v) is 3.16. The minimum Gasteiger partial charge on any atom is -0.490 e. The molecule has 0 atom stereocenters. The summed E-state index contributed by atoms with van der Waals surface area (Å²) in [7, 11) is -3.40. The molecule has 0 aromatic heterocycles. The molecule has 0 aliphatic rings. The average Bonchev–Trinajstić information content (AvgIpc) is 2.64. The van der Waals surface area contributed by atoms with Crippen LogP contribution in [0.5, 0.6) is 11.5 Å². The Morgan fingerprint density at radius 2 is 1.61 bits per heavy atom. The van der Waals surface area contributed by atoms with Gasteiger partial charge in [-0.1, -0.05) is 19.9 Å². The van der Waals surface area contributed by atoms with Crippen molar-refractivity contribution in [2.45, 2.75) is 38.5 Å². The van der Waals surface area contributed by atoms with E-state index in [0.29, 0.717) is 41.5 Å². The lowest BCUT2D eigenvalue weighted by Crippen LogP contribution is -2.14. The first kappa shape index (κ1) is 21.8. The van der Waals surface area contributed by atoms with Gasteiger partial charge in [0.2, 0.25) is 0 Å². The molecule has 0 aliphatic carbocycles. The molecule has 1 amide bonds. The van der Waals surface area contributed by atoms with E-state index in [1.54, 1.807) is 31.2 Å². The molecule has 2 aromatic rings. The number of sulfone groups is 1. The third-order valence-electron chi connectivity index (χ3n) is 4.01. The van der Waals surface area contributed by atoms with E-state index >= 15 is 0 Å². The topological polar surface area (TPSA) is 81.7 Å². The van der Waals surface area contributed by atoms with Crippen molar-refractivity contribution in [2.24, 2.45) is 0 Å². The lowest BCUT2D eigenvalue weighted by molar-refractivity contribution is 0.102. The van der Waals surface area contributed by atoms with E-state index in [0.717, 1.165) is 19.1 Å². The Bertz CT molecular complexity index is 938. The van der Waals surface area contributed by atoms with Gasteiger partial charge < -0.3 is 14.8 Å². The second kappa shape index (κ2) is 9.59. The van der Waals surface area contributed by atoms with Crippen molar-refractivity contribution in [1.29, 1.82) is 0 Å². The van der Waals surface area contributed by atoms with Crippen molar-refractivity contribution >= 4 is 21.4 Å². The van der Waals surface area contributed by atoms with Crippen LogP contribution in [0.15, 0.2) is 41.3 Å². The SMILES string of the molecule is CCCOc1ccc(NC(=O)c2cc(S(C)(=O)=O)ccc2C)cc1OCCC. The maximum Gasteiger partial charge on any atom is 0.255 e. The number of benzene rings is 2. The van der Waals surface area contributed by atoms with Crippen LogP contribution in [-0.4, -0.2) is 33.8 Å². The van der Waals surface area contributed by atoms with E-state index in [4.69, 9.17) is 9.47 Å². The van der Waals surface area contributed by atoms with Crippen LogP contribution < -0.4 is 14.8 Å². The molecule has 1 N–H and O–H groups in total. The van der Waals surface area contributed by atoms with Crippen LogP contribution >= 0.6 is 0 Å². The molecule has 0 fully saturated rings. The molecule has 0 unspecified atom stereocenters. The normalized spacial score (nSPS) is 11.1. The number of aryl methyl sites for hydroxylation is 1. The summed E-state index contributed by atoms with van der Waals surface area (Å²) in [5.41, 5.74) is 1.55. The average molecular weight is 406 g/mol. The van der Waals surface area contributed by atoms with E-state index in [1.165, 1.54) is 12.1 Å². The van der Waals surface area contributed by atoms with Crippen LogP contribution in [0.25, 0.3) is 0 Å². The van der Waals surface area contributed by atoms with E-state index in [2.05, 4.69) is 5.32 Å². The number of carbonyl (C=O) groups is 1. The molecular formula is C21H27NO5S. The minimum atomic E-state index is -3.40. The quantitative estimate of drug-likeness (QED) is 0.675. The molecule has 0 bridgehead atoms. The number of amides is 1. The van der Waals surface area contributed by atoms with Crippen LogP contribution in [0.2, 0.25) is 0 Å². The predicted molar refractivity (Wildman–Crippen MR) is 110 cm³/mol. The van der Waals surface area contributed by atoms with Gasteiger partial charge >= 0.3 is 0 Å². The Morgan fingerprint density at radius 3 is 2.21 bits per heavy atom. The van der Waals surface area contributed by atoms with Gasteiger partial charge in [0.05, 0.1) is 18.1 Å². The van der Waals surface area contributed by atoms with Crippen LogP contribution in [0.4, 0.5) is 5.69 Å². The molecule has 7 heteroatoms. The number of anilines is 1. The first-order valence-corrected chi connectivity index (χ1v) is 11.2. The summed E-state index contributed by atoms with van der Waals surface area (Å²) >= 11 is 0. The summed E-state index contributed by atoms with van der Waals surface area (Å²) in [6.07, 6.45) is 2.84. The Kier molecular flexibility index (Phi) is 7.45. The zero-order valence-electron chi connectivity index (χ0n) is 16.7. The molecule has 0 spiro atoms. The zero-order chi connectivity index (χ0) is 20.7. The number of hydrogen-bond acceptors (Lipinski definition) is 5. The number of rotatable bonds is 9. The number of nitrogens with one attached hydrogen (secondary N) is 1. The maximum absolute atomic E-state index is 12.7. The van der Waals surface area contributed by atoms with Crippen molar-refractivity contribution in [3.63, 3.8) is 0 Å². The van der Waals surface area contributed by atoms with E-state index in [9.17, 15) is 13.2 Å². The van der Waals surface area contributed by atoms with Gasteiger partial charge in [-0.25, -0.2) is 8.42 Å². The summed E-state index contributed by atoms with van der Waals surface area (Å²) in [4.78, 5) is 12.8. The Labute approximate surface area is 166 Å². The van der Waals surface area contributed by atoms with Gasteiger partial charge in [-0.05, 0) is 49.6 Å². The predicted octanol–water partition coefficient (Wildman–Crippen LogP) is 4.23. The summed E-state index contributed by atoms with van der Waals surface area (Å²) < 4.78 is 35.0. The second-order valence-corrected chi connectivity index (χ2v) is 8.58. The molecule has 152 valence electrons. The summed E-state index contributed by atoms with van der Waals surface area (Å²) in [5, 5.41) is 2.81. The molecule has 2 aromatic carbocycles. The third kappa shape index (κ3) is 5.73. The fourth-order valence-electron chi connectivity index (χ4n) is 2.52. The standard InChI is InChI=1S/C21H27NO5S/c1-5-11-26-19-10-8-16(13-20(19)27-12-6-2)22-21(23)18-14-17(28(4,24)25)9-7-15(18)3/h7-10,13-14H,5-6,11-12H2,1-4H3,(H,22,23). The molecule has 2 rings (SSSR count). The lowest BCUT2D eigenvalue weighted by atomic mass is 10.1. The second-order valence-electron chi connectivity index (χ2n) is 6.56. The summed E-state index contributed by atoms with van der Waals surface area (Å²) in [5.74, 6) is 0.810. The van der Waals surface area contributed by atoms with Crippen molar-refractivity contribution in [2.75, 3.05) is 24.8 Å². The van der Waals surface area contributed by atoms with Crippen molar-refractivity contribution in [3.8, 4) is 11.5 Å². The molecule has 0 aliphatic heterocycles. The monoisotopic (exact) mass is 405 g/mol. The highest BCUT2D eigenvalue weighted by atomic mass is 32.2. The van der Waals surface area contributed by atoms with E-state index < -0.39 is 9.84 Å². The number of carbonyl (C=O) groups excluding carboxylic acids is 1. The Hall–Kier alpha value is -2.54. The van der Waals surface area contributed by atoms with Crippen LogP contribution in [-0.2, 0) is 9.84 Å². The fraction of sp³-hybridized carbons (Fsp3) is 0.381. The van der Waals surface area contributed by atoms with Gasteiger partial charge in [-0.3, -0.25) is 4.79 Å². The van der Waals surface area contributed by atoms with Gasteiger partial charge in [-0.2, -0.15) is 0 Å². The van der Waals surface area contributed by atoms with Crippen LogP contribution in [0.3, 0.4) is 0 Å². The van der Waals surface area contributed by atoms with Crippen LogP contribution in [0, 0.1) is 6.92 Å². The van der Waals surface area contributed by atoms with Gasteiger partial charge in [0.15, 0.2) is 21.3 Å². The Balaban J connectivity index is 2.28. The van der Waals surface area contributed by atoms with Gasteiger partial charge in [-0.15, -0.1) is 0 Å². The molecular weight excluding hydrogens is 378 g/mol. The molecule has 0 radical (unpaired) electrons. The van der Waals surface area contributed by atoms with Crippen molar-refractivity contribution in [1.82, 2.24) is 0 Å². The lowest BCUT2D eigenvalue weighted by Gasteiger charge is -2.14. The molecule has 0 saturated carbocycles. The van der Waals surface area contributed by atoms with E-state index in [-0.39, 0.29) is 10.8 Å². The van der Waals surface area contributed by atoms with Gasteiger partial charge in [0, 0.05) is 23.6 Å². The van der Waals surface area contributed by atoms with Crippen LogP contribution in [0.1, 0.15) is 42.6 Å². The Morgan fingerprint density at radius 1 is 0.964 bits per heavy atom. The molecule has 28 heavy (non-hydrogen) atoms. The van der Waals surface area contributed by atoms with E-state index in [1.807, 2.05) is 13.8 Å². The first-order valence-electron chi connectivity index (χ1n) is 9.28. The summed E-state index contributed by atoms with van der Waals surface area (Å²) in [6.45, 7) is 6.91. The third-order valence-corrected chi connectivity index (χ3v) is 5.12. The van der Waals surface area contributed by atoms with Gasteiger partial charge in [0.1, 0.15) is 0 Å². The molecule has 0 heterocycles. The largest absolute Gasteiger partial charge is 0.490 e. The van der Waals surface area contributed by atoms with Gasteiger partial charge in [0.25, 0.3) is 5.91 Å².